The Labute approximate surface area is 88.7 Å². The van der Waals surface area contributed by atoms with Gasteiger partial charge in [0.25, 0.3) is 5.91 Å². The van der Waals surface area contributed by atoms with Gasteiger partial charge in [-0.2, -0.15) is 0 Å². The first-order valence-corrected chi connectivity index (χ1v) is 4.79. The average molecular weight is 211 g/mol. The smallest absolute Gasteiger partial charge is 0.280 e. The molecule has 0 spiro atoms. The van der Waals surface area contributed by atoms with Crippen molar-refractivity contribution in [3.05, 3.63) is 35.6 Å². The maximum absolute atomic E-state index is 12.6. The maximum atomic E-state index is 12.6. The van der Waals surface area contributed by atoms with Gasteiger partial charge in [-0.1, -0.05) is 12.1 Å². The van der Waals surface area contributed by atoms with Gasteiger partial charge in [0.15, 0.2) is 6.04 Å². The van der Waals surface area contributed by atoms with Gasteiger partial charge in [0.1, 0.15) is 5.82 Å². The minimum absolute atomic E-state index is 0.0145. The molecule has 3 nitrogen and oxygen atoms in total. The molecule has 0 saturated carbocycles. The Morgan fingerprint density at radius 3 is 2.40 bits per heavy atom. The molecule has 15 heavy (non-hydrogen) atoms. The fourth-order valence-electron chi connectivity index (χ4n) is 1.36. The van der Waals surface area contributed by atoms with E-state index in [2.05, 4.69) is 5.73 Å². The topological polar surface area (TPSA) is 48.0 Å². The van der Waals surface area contributed by atoms with Gasteiger partial charge >= 0.3 is 0 Å². The van der Waals surface area contributed by atoms with Crippen LogP contribution in [0.4, 0.5) is 4.39 Å². The van der Waals surface area contributed by atoms with Crippen LogP contribution in [0.5, 0.6) is 0 Å². The van der Waals surface area contributed by atoms with Crippen LogP contribution in [0.2, 0.25) is 0 Å². The van der Waals surface area contributed by atoms with Gasteiger partial charge in [0.05, 0.1) is 0 Å². The lowest BCUT2D eigenvalue weighted by Crippen LogP contribution is -2.68. The van der Waals surface area contributed by atoms with Crippen LogP contribution >= 0.6 is 0 Å². The largest absolute Gasteiger partial charge is 0.347 e. The van der Waals surface area contributed by atoms with Gasteiger partial charge in [-0.05, 0) is 17.7 Å². The Morgan fingerprint density at radius 2 is 1.93 bits per heavy atom. The third kappa shape index (κ3) is 3.32. The van der Waals surface area contributed by atoms with Gasteiger partial charge in [0.2, 0.25) is 0 Å². The molecule has 1 atom stereocenters. The summed E-state index contributed by atoms with van der Waals surface area (Å²) in [7, 11) is 3.40. The molecule has 0 heterocycles. The minimum atomic E-state index is -0.314. The Balaban J connectivity index is 2.62. The molecule has 0 bridgehead atoms. The lowest BCUT2D eigenvalue weighted by atomic mass is 10.1. The SMILES string of the molecule is CN(C)C(=O)[C@H]([NH3+])Cc1ccc(F)cc1. The van der Waals surface area contributed by atoms with Crippen molar-refractivity contribution in [2.45, 2.75) is 12.5 Å². The monoisotopic (exact) mass is 211 g/mol. The third-order valence-corrected chi connectivity index (χ3v) is 2.19. The average Bonchev–Trinajstić information content (AvgIpc) is 2.20. The normalized spacial score (nSPS) is 12.3. The zero-order valence-electron chi connectivity index (χ0n) is 9.03. The second kappa shape index (κ2) is 4.89. The highest BCUT2D eigenvalue weighted by atomic mass is 19.1. The number of carbonyl (C=O) groups excluding carboxylic acids is 1. The predicted octanol–water partition coefficient (Wildman–Crippen LogP) is 0.0669. The zero-order valence-corrected chi connectivity index (χ0v) is 9.03. The van der Waals surface area contributed by atoms with Crippen molar-refractivity contribution in [2.24, 2.45) is 0 Å². The molecule has 1 aromatic rings. The number of hydrogen-bond acceptors (Lipinski definition) is 1. The molecule has 0 aliphatic carbocycles. The minimum Gasteiger partial charge on any atom is -0.347 e. The molecular weight excluding hydrogens is 195 g/mol. The molecule has 3 N–H and O–H groups in total. The molecule has 0 aliphatic rings. The number of benzene rings is 1. The lowest BCUT2D eigenvalue weighted by molar-refractivity contribution is -0.404. The Kier molecular flexibility index (Phi) is 3.80. The van der Waals surface area contributed by atoms with Crippen LogP contribution in [-0.2, 0) is 11.2 Å². The van der Waals surface area contributed by atoms with Gasteiger partial charge < -0.3 is 10.6 Å². The van der Waals surface area contributed by atoms with Crippen molar-refractivity contribution >= 4 is 5.91 Å². The summed E-state index contributed by atoms with van der Waals surface area (Å²) in [5, 5.41) is 0. The van der Waals surface area contributed by atoms with E-state index in [1.807, 2.05) is 0 Å². The molecule has 0 fully saturated rings. The van der Waals surface area contributed by atoms with Crippen LogP contribution in [-0.4, -0.2) is 30.9 Å². The van der Waals surface area contributed by atoms with Crippen LogP contribution in [0.15, 0.2) is 24.3 Å². The molecule has 0 unspecified atom stereocenters. The highest BCUT2D eigenvalue weighted by Crippen LogP contribution is 2.05. The van der Waals surface area contributed by atoms with Crippen molar-refractivity contribution in [3.8, 4) is 0 Å². The van der Waals surface area contributed by atoms with E-state index < -0.39 is 0 Å². The van der Waals surface area contributed by atoms with Gasteiger partial charge in [-0.25, -0.2) is 4.39 Å². The lowest BCUT2D eigenvalue weighted by Gasteiger charge is -2.13. The molecular formula is C11H16FN2O+. The first-order chi connectivity index (χ1) is 7.00. The molecule has 1 rings (SSSR count). The summed E-state index contributed by atoms with van der Waals surface area (Å²) in [4.78, 5) is 13.0. The van der Waals surface area contributed by atoms with Crippen LogP contribution in [0.25, 0.3) is 0 Å². The van der Waals surface area contributed by atoms with E-state index >= 15 is 0 Å². The van der Waals surface area contributed by atoms with E-state index in [9.17, 15) is 9.18 Å². The number of carbonyl (C=O) groups is 1. The van der Waals surface area contributed by atoms with Crippen molar-refractivity contribution in [1.82, 2.24) is 4.90 Å². The number of quaternary nitrogens is 1. The predicted molar refractivity (Wildman–Crippen MR) is 55.5 cm³/mol. The summed E-state index contributed by atoms with van der Waals surface area (Å²) in [5.41, 5.74) is 4.71. The van der Waals surface area contributed by atoms with Gasteiger partial charge in [0, 0.05) is 20.5 Å². The molecule has 0 saturated heterocycles. The number of likely N-dealkylation sites (N-methyl/N-ethyl adjacent to an activating group) is 1. The molecule has 0 aromatic heterocycles. The van der Waals surface area contributed by atoms with E-state index in [4.69, 9.17) is 0 Å². The quantitative estimate of drug-likeness (QED) is 0.755. The van der Waals surface area contributed by atoms with E-state index in [1.54, 1.807) is 26.2 Å². The van der Waals surface area contributed by atoms with Crippen molar-refractivity contribution in [2.75, 3.05) is 14.1 Å². The maximum Gasteiger partial charge on any atom is 0.280 e. The van der Waals surface area contributed by atoms with Crippen molar-refractivity contribution < 1.29 is 14.9 Å². The summed E-state index contributed by atoms with van der Waals surface area (Å²) in [5.74, 6) is -0.280. The summed E-state index contributed by atoms with van der Waals surface area (Å²) < 4.78 is 12.6. The van der Waals surface area contributed by atoms with Crippen molar-refractivity contribution in [1.29, 1.82) is 0 Å². The Bertz CT molecular complexity index is 335. The first kappa shape index (κ1) is 11.7. The molecule has 0 radical (unpaired) electrons. The number of hydrogen-bond donors (Lipinski definition) is 1. The highest BCUT2D eigenvalue weighted by molar-refractivity contribution is 5.80. The number of halogens is 1. The number of amides is 1. The van der Waals surface area contributed by atoms with Crippen LogP contribution in [0, 0.1) is 5.82 Å². The molecule has 1 amide bonds. The van der Waals surface area contributed by atoms with E-state index in [1.165, 1.54) is 17.0 Å². The Hall–Kier alpha value is -1.42. The zero-order chi connectivity index (χ0) is 11.4. The summed E-state index contributed by atoms with van der Waals surface area (Å²) in [6.07, 6.45) is 0.539. The van der Waals surface area contributed by atoms with Crippen LogP contribution in [0.1, 0.15) is 5.56 Å². The summed E-state index contributed by atoms with van der Waals surface area (Å²) in [6, 6.07) is 5.82. The first-order valence-electron chi connectivity index (χ1n) is 4.79. The second-order valence-electron chi connectivity index (χ2n) is 3.76. The van der Waals surface area contributed by atoms with Crippen molar-refractivity contribution in [3.63, 3.8) is 0 Å². The van der Waals surface area contributed by atoms with Gasteiger partial charge in [-0.15, -0.1) is 0 Å². The van der Waals surface area contributed by atoms with Crippen LogP contribution < -0.4 is 5.73 Å². The standard InChI is InChI=1S/C11H15FN2O/c1-14(2)11(15)10(13)7-8-3-5-9(12)6-4-8/h3-6,10H,7,13H2,1-2H3/p+1/t10-/m1/s1. The molecule has 1 aromatic carbocycles. The van der Waals surface area contributed by atoms with E-state index in [-0.39, 0.29) is 17.8 Å². The fourth-order valence-corrected chi connectivity index (χ4v) is 1.36. The molecule has 0 aliphatic heterocycles. The second-order valence-corrected chi connectivity index (χ2v) is 3.76. The van der Waals surface area contributed by atoms with Gasteiger partial charge in [-0.3, -0.25) is 4.79 Å². The molecule has 82 valence electrons. The van der Waals surface area contributed by atoms with E-state index in [0.29, 0.717) is 6.42 Å². The fraction of sp³-hybridized carbons (Fsp3) is 0.364. The molecule has 4 heteroatoms. The number of nitrogens with zero attached hydrogens (tertiary/aromatic N) is 1. The summed E-state index contributed by atoms with van der Waals surface area (Å²) >= 11 is 0. The Morgan fingerprint density at radius 1 is 1.40 bits per heavy atom. The summed E-state index contributed by atoms with van der Waals surface area (Å²) in [6.45, 7) is 0. The van der Waals surface area contributed by atoms with E-state index in [0.717, 1.165) is 5.56 Å². The van der Waals surface area contributed by atoms with Crippen LogP contribution in [0.3, 0.4) is 0 Å². The number of rotatable bonds is 3. The third-order valence-electron chi connectivity index (χ3n) is 2.19. The highest BCUT2D eigenvalue weighted by Gasteiger charge is 2.19.